The summed E-state index contributed by atoms with van der Waals surface area (Å²) in [6, 6.07) is 14.6. The Kier molecular flexibility index (Phi) is 4.21. The highest BCUT2D eigenvalue weighted by Crippen LogP contribution is 2.29. The van der Waals surface area contributed by atoms with Gasteiger partial charge in [-0.15, -0.1) is 0 Å². The van der Waals surface area contributed by atoms with Gasteiger partial charge in [-0.05, 0) is 29.8 Å². The first-order valence-electron chi connectivity index (χ1n) is 7.40. The Balaban J connectivity index is 2.11. The van der Waals surface area contributed by atoms with Crippen molar-refractivity contribution in [3.05, 3.63) is 70.1 Å². The van der Waals surface area contributed by atoms with E-state index in [-0.39, 0.29) is 5.56 Å². The highest BCUT2D eigenvalue weighted by Gasteiger charge is 2.10. The predicted octanol–water partition coefficient (Wildman–Crippen LogP) is 2.94. The normalized spacial score (nSPS) is 10.4. The van der Waals surface area contributed by atoms with E-state index in [1.807, 2.05) is 18.2 Å². The smallest absolute Gasteiger partial charge is 0.259 e. The average molecular weight is 320 g/mol. The summed E-state index contributed by atoms with van der Waals surface area (Å²) in [6.45, 7) is 0.393. The van der Waals surface area contributed by atoms with E-state index in [1.165, 1.54) is 0 Å². The van der Waals surface area contributed by atoms with Crippen molar-refractivity contribution in [2.45, 2.75) is 6.54 Å². The number of nitrogens with zero attached hydrogens (tertiary/aromatic N) is 2. The van der Waals surface area contributed by atoms with Crippen LogP contribution in [0.5, 0.6) is 11.5 Å². The van der Waals surface area contributed by atoms with Crippen molar-refractivity contribution in [2.75, 3.05) is 14.2 Å². The Morgan fingerprint density at radius 1 is 1.08 bits per heavy atom. The summed E-state index contributed by atoms with van der Waals surface area (Å²) < 4.78 is 12.2. The van der Waals surface area contributed by atoms with Crippen LogP contribution in [0.15, 0.2) is 53.5 Å². The fourth-order valence-corrected chi connectivity index (χ4v) is 2.68. The van der Waals surface area contributed by atoms with Crippen LogP contribution in [-0.2, 0) is 6.54 Å². The molecule has 0 unspecified atom stereocenters. The van der Waals surface area contributed by atoms with Gasteiger partial charge in [-0.1, -0.05) is 12.1 Å². The molecule has 1 aromatic heterocycles. The number of nitriles is 1. The van der Waals surface area contributed by atoms with Crippen molar-refractivity contribution in [1.82, 2.24) is 4.57 Å². The van der Waals surface area contributed by atoms with Crippen molar-refractivity contribution in [2.24, 2.45) is 0 Å². The van der Waals surface area contributed by atoms with Gasteiger partial charge in [0.15, 0.2) is 0 Å². The summed E-state index contributed by atoms with van der Waals surface area (Å²) in [6.07, 6.45) is 1.73. The first-order chi connectivity index (χ1) is 11.7. The van der Waals surface area contributed by atoms with E-state index in [2.05, 4.69) is 6.07 Å². The number of hydrogen-bond acceptors (Lipinski definition) is 4. The van der Waals surface area contributed by atoms with Crippen molar-refractivity contribution in [1.29, 1.82) is 5.26 Å². The zero-order valence-electron chi connectivity index (χ0n) is 13.4. The monoisotopic (exact) mass is 320 g/mol. The summed E-state index contributed by atoms with van der Waals surface area (Å²) in [5, 5.41) is 10.3. The first-order valence-corrected chi connectivity index (χ1v) is 7.40. The SMILES string of the molecule is COc1cc(OC)c2ccn(Cc3cccc(C#N)c3)c(=O)c2c1. The number of pyridine rings is 1. The maximum atomic E-state index is 12.8. The third-order valence-corrected chi connectivity index (χ3v) is 3.89. The molecule has 0 N–H and O–H groups in total. The van der Waals surface area contributed by atoms with Crippen LogP contribution >= 0.6 is 0 Å². The van der Waals surface area contributed by atoms with Crippen molar-refractivity contribution < 1.29 is 9.47 Å². The summed E-state index contributed by atoms with van der Waals surface area (Å²) in [4.78, 5) is 12.8. The number of hydrogen-bond donors (Lipinski definition) is 0. The minimum absolute atomic E-state index is 0.132. The topological polar surface area (TPSA) is 64.2 Å². The van der Waals surface area contributed by atoms with E-state index >= 15 is 0 Å². The molecule has 5 heteroatoms. The van der Waals surface area contributed by atoms with Gasteiger partial charge in [0.05, 0.1) is 37.8 Å². The molecule has 120 valence electrons. The second-order valence-electron chi connectivity index (χ2n) is 5.35. The molecule has 0 fully saturated rings. The van der Waals surface area contributed by atoms with Gasteiger partial charge in [-0.2, -0.15) is 5.26 Å². The van der Waals surface area contributed by atoms with Crippen LogP contribution in [0.3, 0.4) is 0 Å². The molecule has 24 heavy (non-hydrogen) atoms. The lowest BCUT2D eigenvalue weighted by molar-refractivity contribution is 0.398. The standard InChI is InChI=1S/C19H16N2O3/c1-23-15-9-17-16(18(10-15)24-2)6-7-21(19(17)22)12-14-5-3-4-13(8-14)11-20/h3-10H,12H2,1-2H3. The molecule has 1 heterocycles. The van der Waals surface area contributed by atoms with Crippen LogP contribution in [-0.4, -0.2) is 18.8 Å². The van der Waals surface area contributed by atoms with E-state index in [4.69, 9.17) is 14.7 Å². The molecule has 0 saturated carbocycles. The number of fused-ring (bicyclic) bond motifs is 1. The van der Waals surface area contributed by atoms with Crippen LogP contribution < -0.4 is 15.0 Å². The fourth-order valence-electron chi connectivity index (χ4n) is 2.68. The number of methoxy groups -OCH3 is 2. The molecule has 0 amide bonds. The van der Waals surface area contributed by atoms with E-state index < -0.39 is 0 Å². The highest BCUT2D eigenvalue weighted by molar-refractivity contribution is 5.89. The maximum absolute atomic E-state index is 12.8. The Morgan fingerprint density at radius 3 is 2.62 bits per heavy atom. The van der Waals surface area contributed by atoms with Crippen molar-refractivity contribution >= 4 is 10.8 Å². The van der Waals surface area contributed by atoms with E-state index in [1.54, 1.807) is 49.2 Å². The molecule has 5 nitrogen and oxygen atoms in total. The van der Waals surface area contributed by atoms with Gasteiger partial charge >= 0.3 is 0 Å². The lowest BCUT2D eigenvalue weighted by Gasteiger charge is -2.11. The van der Waals surface area contributed by atoms with Crippen molar-refractivity contribution in [3.8, 4) is 17.6 Å². The minimum Gasteiger partial charge on any atom is -0.497 e. The third kappa shape index (κ3) is 2.82. The minimum atomic E-state index is -0.132. The highest BCUT2D eigenvalue weighted by atomic mass is 16.5. The molecule has 0 bridgehead atoms. The number of rotatable bonds is 4. The Morgan fingerprint density at radius 2 is 1.92 bits per heavy atom. The lowest BCUT2D eigenvalue weighted by Crippen LogP contribution is -2.20. The Bertz CT molecular complexity index is 1000. The molecule has 3 aromatic rings. The van der Waals surface area contributed by atoms with Crippen LogP contribution in [0.25, 0.3) is 10.8 Å². The van der Waals surface area contributed by atoms with Gasteiger partial charge in [0.25, 0.3) is 5.56 Å². The largest absolute Gasteiger partial charge is 0.497 e. The van der Waals surface area contributed by atoms with Crippen LogP contribution in [0.2, 0.25) is 0 Å². The van der Waals surface area contributed by atoms with Crippen LogP contribution in [0, 0.1) is 11.3 Å². The van der Waals surface area contributed by atoms with Crippen molar-refractivity contribution in [3.63, 3.8) is 0 Å². The Labute approximate surface area is 139 Å². The first kappa shape index (κ1) is 15.6. The molecule has 0 spiro atoms. The second kappa shape index (κ2) is 6.47. The molecular weight excluding hydrogens is 304 g/mol. The summed E-state index contributed by atoms with van der Waals surface area (Å²) in [5.74, 6) is 1.17. The molecule has 3 rings (SSSR count). The predicted molar refractivity (Wildman–Crippen MR) is 91.6 cm³/mol. The quantitative estimate of drug-likeness (QED) is 0.741. The number of aromatic nitrogens is 1. The lowest BCUT2D eigenvalue weighted by atomic mass is 10.1. The van der Waals surface area contributed by atoms with Gasteiger partial charge in [-0.3, -0.25) is 4.79 Å². The molecule has 0 atom stereocenters. The number of benzene rings is 2. The van der Waals surface area contributed by atoms with Gasteiger partial charge < -0.3 is 14.0 Å². The summed E-state index contributed by atoms with van der Waals surface area (Å²) in [7, 11) is 3.11. The third-order valence-electron chi connectivity index (χ3n) is 3.89. The second-order valence-corrected chi connectivity index (χ2v) is 5.35. The van der Waals surface area contributed by atoms with Gasteiger partial charge in [0.1, 0.15) is 11.5 Å². The zero-order chi connectivity index (χ0) is 17.1. The van der Waals surface area contributed by atoms with E-state index in [0.29, 0.717) is 29.0 Å². The van der Waals surface area contributed by atoms with Crippen LogP contribution in [0.4, 0.5) is 0 Å². The summed E-state index contributed by atoms with van der Waals surface area (Å²) in [5.41, 5.74) is 1.34. The van der Waals surface area contributed by atoms with Gasteiger partial charge in [-0.25, -0.2) is 0 Å². The number of ether oxygens (including phenoxy) is 2. The average Bonchev–Trinajstić information content (AvgIpc) is 2.63. The summed E-state index contributed by atoms with van der Waals surface area (Å²) >= 11 is 0. The molecule has 0 saturated heterocycles. The van der Waals surface area contributed by atoms with Gasteiger partial charge in [0, 0.05) is 17.6 Å². The fraction of sp³-hybridized carbons (Fsp3) is 0.158. The molecule has 0 radical (unpaired) electrons. The zero-order valence-corrected chi connectivity index (χ0v) is 13.4. The molecular formula is C19H16N2O3. The van der Waals surface area contributed by atoms with Gasteiger partial charge in [0.2, 0.25) is 0 Å². The molecule has 2 aromatic carbocycles. The molecule has 0 aliphatic heterocycles. The maximum Gasteiger partial charge on any atom is 0.259 e. The van der Waals surface area contributed by atoms with Crippen LogP contribution in [0.1, 0.15) is 11.1 Å². The molecule has 0 aliphatic carbocycles. The molecule has 0 aliphatic rings. The van der Waals surface area contributed by atoms with E-state index in [9.17, 15) is 4.79 Å². The van der Waals surface area contributed by atoms with E-state index in [0.717, 1.165) is 10.9 Å². The Hall–Kier alpha value is -3.26.